The van der Waals surface area contributed by atoms with Crippen LogP contribution in [0.15, 0.2) is 40.3 Å². The van der Waals surface area contributed by atoms with Gasteiger partial charge in [0, 0.05) is 32.0 Å². The number of aromatic nitrogens is 3. The Kier molecular flexibility index (Phi) is 5.12. The number of pyridine rings is 1. The van der Waals surface area contributed by atoms with Crippen LogP contribution in [0.1, 0.15) is 13.8 Å². The molecule has 8 nitrogen and oxygen atoms in total. The lowest BCUT2D eigenvalue weighted by Crippen LogP contribution is -2.21. The van der Waals surface area contributed by atoms with Crippen molar-refractivity contribution in [1.29, 1.82) is 0 Å². The smallest absolute Gasteiger partial charge is 0.264 e. The second-order valence-corrected chi connectivity index (χ2v) is 8.93. The molecule has 0 aliphatic rings. The number of sulfone groups is 1. The van der Waals surface area contributed by atoms with Gasteiger partial charge in [0.25, 0.3) is 5.56 Å². The number of benzene rings is 1. The van der Waals surface area contributed by atoms with Gasteiger partial charge in [0.15, 0.2) is 9.84 Å². The van der Waals surface area contributed by atoms with Crippen LogP contribution in [-0.2, 0) is 16.9 Å². The van der Waals surface area contributed by atoms with Crippen molar-refractivity contribution in [3.05, 3.63) is 40.9 Å². The Hall–Kier alpha value is -2.94. The Morgan fingerprint density at radius 1 is 1.18 bits per heavy atom. The third-order valence-electron chi connectivity index (χ3n) is 4.27. The van der Waals surface area contributed by atoms with Crippen molar-refractivity contribution >= 4 is 32.2 Å². The van der Waals surface area contributed by atoms with E-state index in [1.54, 1.807) is 38.4 Å². The third-order valence-corrected chi connectivity index (χ3v) is 5.41. The van der Waals surface area contributed by atoms with Crippen LogP contribution in [0.4, 0.5) is 11.5 Å². The van der Waals surface area contributed by atoms with E-state index in [4.69, 9.17) is 0 Å². The van der Waals surface area contributed by atoms with Crippen LogP contribution < -0.4 is 16.2 Å². The van der Waals surface area contributed by atoms with Crippen LogP contribution in [-0.4, -0.2) is 42.3 Å². The van der Waals surface area contributed by atoms with Crippen LogP contribution >= 0.6 is 0 Å². The van der Waals surface area contributed by atoms with Crippen molar-refractivity contribution in [2.24, 2.45) is 7.05 Å². The SMILES string of the molecule is CNc1ccc(-c2cc3ncn(C)c(=O)c3c(NC(C)C)n2)cc1S(C)(=O)=O. The van der Waals surface area contributed by atoms with Crippen molar-refractivity contribution in [2.45, 2.75) is 24.8 Å². The summed E-state index contributed by atoms with van der Waals surface area (Å²) in [6.45, 7) is 3.90. The summed E-state index contributed by atoms with van der Waals surface area (Å²) in [4.78, 5) is 21.8. The van der Waals surface area contributed by atoms with Crippen LogP contribution in [0.25, 0.3) is 22.2 Å². The second-order valence-electron chi connectivity index (χ2n) is 6.94. The van der Waals surface area contributed by atoms with Gasteiger partial charge in [-0.15, -0.1) is 0 Å². The van der Waals surface area contributed by atoms with Crippen molar-refractivity contribution in [3.8, 4) is 11.3 Å². The van der Waals surface area contributed by atoms with Gasteiger partial charge in [-0.3, -0.25) is 4.79 Å². The van der Waals surface area contributed by atoms with Gasteiger partial charge in [0.2, 0.25) is 0 Å². The van der Waals surface area contributed by atoms with Gasteiger partial charge >= 0.3 is 0 Å². The molecule has 3 rings (SSSR count). The minimum Gasteiger partial charge on any atom is -0.387 e. The standard InChI is InChI=1S/C19H23N5O3S/c1-11(2)22-18-17-15(21-10-24(4)19(17)25)9-14(23-18)12-6-7-13(20-3)16(8-12)28(5,26)27/h6-11,20H,1-5H3,(H,22,23). The molecule has 0 atom stereocenters. The molecule has 2 N–H and O–H groups in total. The molecule has 0 amide bonds. The Morgan fingerprint density at radius 2 is 1.89 bits per heavy atom. The van der Waals surface area contributed by atoms with Gasteiger partial charge in [-0.25, -0.2) is 18.4 Å². The van der Waals surface area contributed by atoms with E-state index < -0.39 is 9.84 Å². The minimum atomic E-state index is -3.43. The summed E-state index contributed by atoms with van der Waals surface area (Å²) in [5, 5.41) is 6.49. The number of nitrogens with zero attached hydrogens (tertiary/aromatic N) is 3. The molecule has 0 unspecified atom stereocenters. The third kappa shape index (κ3) is 3.70. The summed E-state index contributed by atoms with van der Waals surface area (Å²) in [5.41, 5.74) is 1.96. The summed E-state index contributed by atoms with van der Waals surface area (Å²) in [7, 11) is -0.130. The largest absolute Gasteiger partial charge is 0.387 e. The van der Waals surface area contributed by atoms with Crippen molar-refractivity contribution in [3.63, 3.8) is 0 Å². The lowest BCUT2D eigenvalue weighted by atomic mass is 10.1. The maximum atomic E-state index is 12.6. The molecule has 148 valence electrons. The number of fused-ring (bicyclic) bond motifs is 1. The maximum Gasteiger partial charge on any atom is 0.264 e. The molecular weight excluding hydrogens is 378 g/mol. The topological polar surface area (TPSA) is 106 Å². The summed E-state index contributed by atoms with van der Waals surface area (Å²) in [6, 6.07) is 6.81. The molecule has 0 spiro atoms. The summed E-state index contributed by atoms with van der Waals surface area (Å²) in [6.07, 6.45) is 2.62. The highest BCUT2D eigenvalue weighted by molar-refractivity contribution is 7.90. The summed E-state index contributed by atoms with van der Waals surface area (Å²) in [5.74, 6) is 0.426. The maximum absolute atomic E-state index is 12.6. The molecule has 2 aromatic heterocycles. The average Bonchev–Trinajstić information content (AvgIpc) is 2.62. The fourth-order valence-corrected chi connectivity index (χ4v) is 3.85. The van der Waals surface area contributed by atoms with Crippen LogP contribution in [0.3, 0.4) is 0 Å². The molecule has 2 heterocycles. The quantitative estimate of drug-likeness (QED) is 0.675. The van der Waals surface area contributed by atoms with Crippen molar-refractivity contribution < 1.29 is 8.42 Å². The molecule has 0 aliphatic carbocycles. The second kappa shape index (κ2) is 7.23. The molecule has 1 aromatic carbocycles. The normalized spacial score (nSPS) is 11.8. The van der Waals surface area contributed by atoms with Gasteiger partial charge in [-0.2, -0.15) is 0 Å². The number of aryl methyl sites for hydroxylation is 1. The Bertz CT molecular complexity index is 1220. The number of anilines is 2. The molecule has 0 radical (unpaired) electrons. The van der Waals surface area contributed by atoms with E-state index in [0.29, 0.717) is 33.7 Å². The molecule has 28 heavy (non-hydrogen) atoms. The first-order chi connectivity index (χ1) is 13.1. The highest BCUT2D eigenvalue weighted by Crippen LogP contribution is 2.30. The molecule has 0 saturated heterocycles. The van der Waals surface area contributed by atoms with Gasteiger partial charge < -0.3 is 15.2 Å². The Balaban J connectivity index is 2.30. The molecule has 9 heteroatoms. The Morgan fingerprint density at radius 3 is 2.50 bits per heavy atom. The molecule has 0 saturated carbocycles. The fraction of sp³-hybridized carbons (Fsp3) is 0.316. The first kappa shape index (κ1) is 19.8. The van der Waals surface area contributed by atoms with Crippen LogP contribution in [0.2, 0.25) is 0 Å². The summed E-state index contributed by atoms with van der Waals surface area (Å²) < 4.78 is 25.7. The first-order valence-corrected chi connectivity index (χ1v) is 10.7. The van der Waals surface area contributed by atoms with Gasteiger partial charge in [0.1, 0.15) is 11.2 Å². The Labute approximate surface area is 163 Å². The van der Waals surface area contributed by atoms with Crippen molar-refractivity contribution in [2.75, 3.05) is 23.9 Å². The molecule has 3 aromatic rings. The van der Waals surface area contributed by atoms with E-state index in [-0.39, 0.29) is 16.5 Å². The monoisotopic (exact) mass is 401 g/mol. The number of rotatable bonds is 5. The van der Waals surface area contributed by atoms with Gasteiger partial charge in [0.05, 0.1) is 28.1 Å². The highest BCUT2D eigenvalue weighted by Gasteiger charge is 2.17. The zero-order chi connectivity index (χ0) is 20.6. The lowest BCUT2D eigenvalue weighted by molar-refractivity contribution is 0.602. The predicted molar refractivity (Wildman–Crippen MR) is 112 cm³/mol. The highest BCUT2D eigenvalue weighted by atomic mass is 32.2. The minimum absolute atomic E-state index is 0.0501. The van der Waals surface area contributed by atoms with E-state index in [2.05, 4.69) is 20.6 Å². The fourth-order valence-electron chi connectivity index (χ4n) is 2.94. The summed E-state index contributed by atoms with van der Waals surface area (Å²) >= 11 is 0. The zero-order valence-corrected chi connectivity index (χ0v) is 17.3. The van der Waals surface area contributed by atoms with E-state index in [1.165, 1.54) is 10.9 Å². The van der Waals surface area contributed by atoms with E-state index >= 15 is 0 Å². The molecular formula is C19H23N5O3S. The van der Waals surface area contributed by atoms with Gasteiger partial charge in [-0.1, -0.05) is 6.07 Å². The molecule has 0 bridgehead atoms. The number of hydrogen-bond acceptors (Lipinski definition) is 7. The molecule has 0 aliphatic heterocycles. The van der Waals surface area contributed by atoms with Crippen LogP contribution in [0.5, 0.6) is 0 Å². The first-order valence-electron chi connectivity index (χ1n) is 8.77. The van der Waals surface area contributed by atoms with Crippen molar-refractivity contribution in [1.82, 2.24) is 14.5 Å². The lowest BCUT2D eigenvalue weighted by Gasteiger charge is -2.15. The van der Waals surface area contributed by atoms with E-state index in [9.17, 15) is 13.2 Å². The average molecular weight is 401 g/mol. The predicted octanol–water partition coefficient (Wildman–Crippen LogP) is 2.26. The molecule has 0 fully saturated rings. The zero-order valence-electron chi connectivity index (χ0n) is 16.4. The van der Waals surface area contributed by atoms with E-state index in [0.717, 1.165) is 6.26 Å². The van der Waals surface area contributed by atoms with E-state index in [1.807, 2.05) is 13.8 Å². The van der Waals surface area contributed by atoms with Gasteiger partial charge in [-0.05, 0) is 32.0 Å². The number of nitrogens with one attached hydrogen (secondary N) is 2. The number of hydrogen-bond donors (Lipinski definition) is 2. The van der Waals surface area contributed by atoms with Crippen LogP contribution in [0, 0.1) is 0 Å².